The molecule has 0 unspecified atom stereocenters. The molecule has 1 saturated heterocycles. The highest BCUT2D eigenvalue weighted by atomic mass is 16.3. The third-order valence-electron chi connectivity index (χ3n) is 5.73. The van der Waals surface area contributed by atoms with Gasteiger partial charge in [-0.3, -0.25) is 14.6 Å². The smallest absolute Gasteiger partial charge is 0.225 e. The molecular formula is C22H23N7O. The van der Waals surface area contributed by atoms with Gasteiger partial charge in [0, 0.05) is 53.9 Å². The maximum Gasteiger partial charge on any atom is 0.225 e. The van der Waals surface area contributed by atoms with Gasteiger partial charge in [-0.1, -0.05) is 0 Å². The average molecular weight is 401 g/mol. The topological polar surface area (TPSA) is 92.9 Å². The van der Waals surface area contributed by atoms with E-state index in [1.165, 1.54) is 0 Å². The van der Waals surface area contributed by atoms with E-state index in [1.807, 2.05) is 31.5 Å². The van der Waals surface area contributed by atoms with E-state index >= 15 is 0 Å². The lowest BCUT2D eigenvalue weighted by atomic mass is 10.1. The Labute approximate surface area is 174 Å². The lowest BCUT2D eigenvalue weighted by Gasteiger charge is -2.32. The number of aryl methyl sites for hydroxylation is 1. The molecule has 1 fully saturated rings. The molecule has 5 heterocycles. The Balaban J connectivity index is 1.34. The fraction of sp³-hybridized carbons (Fsp3) is 0.318. The number of pyridine rings is 2. The SMILES string of the molecule is Cc1ncccc1-c1cc2cnn(C3CCN(c4ncc(CO)cn4)CC3)c2cn1. The zero-order valence-corrected chi connectivity index (χ0v) is 16.8. The molecule has 0 spiro atoms. The summed E-state index contributed by atoms with van der Waals surface area (Å²) in [6, 6.07) is 6.40. The summed E-state index contributed by atoms with van der Waals surface area (Å²) in [5.41, 5.74) is 4.73. The molecule has 4 aromatic rings. The lowest BCUT2D eigenvalue weighted by Crippen LogP contribution is -2.36. The highest BCUT2D eigenvalue weighted by Crippen LogP contribution is 2.29. The number of piperidine rings is 1. The number of hydrogen-bond acceptors (Lipinski definition) is 7. The molecule has 8 nitrogen and oxygen atoms in total. The molecule has 1 aliphatic rings. The molecular weight excluding hydrogens is 378 g/mol. The van der Waals surface area contributed by atoms with Crippen LogP contribution in [-0.4, -0.2) is 47.9 Å². The first-order valence-corrected chi connectivity index (χ1v) is 10.1. The molecule has 1 aliphatic heterocycles. The fourth-order valence-electron chi connectivity index (χ4n) is 4.04. The van der Waals surface area contributed by atoms with E-state index < -0.39 is 0 Å². The van der Waals surface area contributed by atoms with E-state index in [1.54, 1.807) is 18.6 Å². The van der Waals surface area contributed by atoms with Crippen LogP contribution in [0.1, 0.15) is 30.1 Å². The maximum absolute atomic E-state index is 9.15. The van der Waals surface area contributed by atoms with Crippen LogP contribution < -0.4 is 4.90 Å². The standard InChI is InChI=1S/C22H23N7O/c1-15-19(3-2-6-23-15)20-9-17-12-27-29(21(17)13-24-20)18-4-7-28(8-5-18)22-25-10-16(14-30)11-26-22/h2-3,6,9-13,18,30H,4-5,7-8,14H2,1H3. The van der Waals surface area contributed by atoms with Crippen molar-refractivity contribution in [2.24, 2.45) is 0 Å². The summed E-state index contributed by atoms with van der Waals surface area (Å²) >= 11 is 0. The van der Waals surface area contributed by atoms with E-state index in [0.29, 0.717) is 12.0 Å². The van der Waals surface area contributed by atoms with E-state index in [2.05, 4.69) is 35.7 Å². The van der Waals surface area contributed by atoms with Gasteiger partial charge in [-0.05, 0) is 38.0 Å². The van der Waals surface area contributed by atoms with Crippen LogP contribution in [0.2, 0.25) is 0 Å². The Morgan fingerprint density at radius 2 is 1.83 bits per heavy atom. The van der Waals surface area contributed by atoms with Crippen LogP contribution in [0.15, 0.2) is 49.2 Å². The Hall–Kier alpha value is -3.39. The summed E-state index contributed by atoms with van der Waals surface area (Å²) in [6.07, 6.45) is 10.9. The van der Waals surface area contributed by atoms with Crippen molar-refractivity contribution >= 4 is 16.9 Å². The van der Waals surface area contributed by atoms with Crippen LogP contribution in [0.3, 0.4) is 0 Å². The first-order valence-electron chi connectivity index (χ1n) is 10.1. The molecule has 0 aliphatic carbocycles. The predicted octanol–water partition coefficient (Wildman–Crippen LogP) is 2.93. The highest BCUT2D eigenvalue weighted by Gasteiger charge is 2.24. The Bertz CT molecular complexity index is 1160. The van der Waals surface area contributed by atoms with Gasteiger partial charge < -0.3 is 10.0 Å². The van der Waals surface area contributed by atoms with Crippen LogP contribution in [-0.2, 0) is 6.61 Å². The quantitative estimate of drug-likeness (QED) is 0.562. The molecule has 152 valence electrons. The number of nitrogens with zero attached hydrogens (tertiary/aromatic N) is 7. The van der Waals surface area contributed by atoms with Crippen molar-refractivity contribution in [2.45, 2.75) is 32.4 Å². The van der Waals surface area contributed by atoms with Gasteiger partial charge in [0.25, 0.3) is 0 Å². The van der Waals surface area contributed by atoms with Crippen molar-refractivity contribution in [3.8, 4) is 11.3 Å². The van der Waals surface area contributed by atoms with Crippen molar-refractivity contribution in [1.29, 1.82) is 0 Å². The Morgan fingerprint density at radius 1 is 1.03 bits per heavy atom. The first kappa shape index (κ1) is 18.6. The monoisotopic (exact) mass is 401 g/mol. The van der Waals surface area contributed by atoms with Crippen LogP contribution in [0, 0.1) is 6.92 Å². The fourth-order valence-corrected chi connectivity index (χ4v) is 4.04. The van der Waals surface area contributed by atoms with Gasteiger partial charge in [-0.25, -0.2) is 9.97 Å². The lowest BCUT2D eigenvalue weighted by molar-refractivity contribution is 0.281. The molecule has 0 aromatic carbocycles. The number of aliphatic hydroxyl groups excluding tert-OH is 1. The minimum absolute atomic E-state index is 0.0369. The molecule has 0 amide bonds. The largest absolute Gasteiger partial charge is 0.392 e. The molecule has 1 N–H and O–H groups in total. The normalized spacial score (nSPS) is 15.1. The maximum atomic E-state index is 9.15. The van der Waals surface area contributed by atoms with E-state index in [4.69, 9.17) is 10.1 Å². The number of aromatic nitrogens is 6. The first-order chi connectivity index (χ1) is 14.7. The summed E-state index contributed by atoms with van der Waals surface area (Å²) < 4.78 is 2.11. The number of hydrogen-bond donors (Lipinski definition) is 1. The average Bonchev–Trinajstić information content (AvgIpc) is 3.23. The second-order valence-corrected chi connectivity index (χ2v) is 7.62. The van der Waals surface area contributed by atoms with Crippen molar-refractivity contribution in [1.82, 2.24) is 29.7 Å². The number of fused-ring (bicyclic) bond motifs is 1. The van der Waals surface area contributed by atoms with Crippen molar-refractivity contribution in [3.63, 3.8) is 0 Å². The third-order valence-corrected chi connectivity index (χ3v) is 5.73. The van der Waals surface area contributed by atoms with Gasteiger partial charge in [0.2, 0.25) is 5.95 Å². The highest BCUT2D eigenvalue weighted by molar-refractivity contribution is 5.82. The molecule has 8 heteroatoms. The van der Waals surface area contributed by atoms with E-state index in [-0.39, 0.29) is 6.61 Å². The molecule has 0 bridgehead atoms. The molecule has 0 radical (unpaired) electrons. The third kappa shape index (κ3) is 3.39. The van der Waals surface area contributed by atoms with E-state index in [0.717, 1.165) is 59.3 Å². The van der Waals surface area contributed by atoms with Crippen LogP contribution in [0.5, 0.6) is 0 Å². The van der Waals surface area contributed by atoms with Crippen LogP contribution >= 0.6 is 0 Å². The Kier molecular flexibility index (Phi) is 4.84. The summed E-state index contributed by atoms with van der Waals surface area (Å²) in [6.45, 7) is 3.69. The zero-order valence-electron chi connectivity index (χ0n) is 16.8. The summed E-state index contributed by atoms with van der Waals surface area (Å²) in [5, 5.41) is 14.9. The second-order valence-electron chi connectivity index (χ2n) is 7.62. The van der Waals surface area contributed by atoms with Gasteiger partial charge >= 0.3 is 0 Å². The molecule has 0 saturated carbocycles. The zero-order chi connectivity index (χ0) is 20.5. The summed E-state index contributed by atoms with van der Waals surface area (Å²) in [5.74, 6) is 0.717. The minimum atomic E-state index is -0.0369. The molecule has 4 aromatic heterocycles. The van der Waals surface area contributed by atoms with Gasteiger partial charge in [-0.2, -0.15) is 5.10 Å². The second kappa shape index (κ2) is 7.79. The van der Waals surface area contributed by atoms with Crippen LogP contribution in [0.4, 0.5) is 5.95 Å². The van der Waals surface area contributed by atoms with E-state index in [9.17, 15) is 0 Å². The van der Waals surface area contributed by atoms with Crippen LogP contribution in [0.25, 0.3) is 22.2 Å². The minimum Gasteiger partial charge on any atom is -0.392 e. The molecule has 0 atom stereocenters. The Morgan fingerprint density at radius 3 is 2.57 bits per heavy atom. The predicted molar refractivity (Wildman–Crippen MR) is 114 cm³/mol. The van der Waals surface area contributed by atoms with Crippen molar-refractivity contribution < 1.29 is 5.11 Å². The summed E-state index contributed by atoms with van der Waals surface area (Å²) in [4.78, 5) is 20.0. The number of rotatable bonds is 4. The van der Waals surface area contributed by atoms with Gasteiger partial charge in [0.1, 0.15) is 0 Å². The molecule has 5 rings (SSSR count). The van der Waals surface area contributed by atoms with Gasteiger partial charge in [-0.15, -0.1) is 0 Å². The molecule has 30 heavy (non-hydrogen) atoms. The summed E-state index contributed by atoms with van der Waals surface area (Å²) in [7, 11) is 0. The van der Waals surface area contributed by atoms with Crippen molar-refractivity contribution in [2.75, 3.05) is 18.0 Å². The van der Waals surface area contributed by atoms with Gasteiger partial charge in [0.05, 0.1) is 36.3 Å². The number of anilines is 1. The van der Waals surface area contributed by atoms with Crippen molar-refractivity contribution in [3.05, 3.63) is 60.4 Å². The number of aliphatic hydroxyl groups is 1. The van der Waals surface area contributed by atoms with Gasteiger partial charge in [0.15, 0.2) is 0 Å².